The van der Waals surface area contributed by atoms with Gasteiger partial charge in [-0.25, -0.2) is 10.2 Å². The molecule has 0 unspecified atom stereocenters. The maximum absolute atomic E-state index is 13.2. The zero-order valence-corrected chi connectivity index (χ0v) is 12.2. The molecule has 0 fully saturated rings. The number of aromatic nitrogens is 1. The van der Waals surface area contributed by atoms with Gasteiger partial charge in [-0.05, 0) is 42.8 Å². The topological polar surface area (TPSA) is 60.1 Å². The highest BCUT2D eigenvalue weighted by Crippen LogP contribution is 2.24. The summed E-state index contributed by atoms with van der Waals surface area (Å²) in [7, 11) is 0. The summed E-state index contributed by atoms with van der Waals surface area (Å²) < 4.78 is 15.2. The van der Waals surface area contributed by atoms with Crippen molar-refractivity contribution in [3.63, 3.8) is 0 Å². The van der Waals surface area contributed by atoms with Crippen molar-refractivity contribution in [2.75, 3.05) is 0 Å². The van der Waals surface area contributed by atoms with Gasteiger partial charge in [0.25, 0.3) is 5.91 Å². The second-order valence-corrected chi connectivity index (χ2v) is 6.07. The number of nitrogens with two attached hydrogens (primary N) is 1. The van der Waals surface area contributed by atoms with Crippen molar-refractivity contribution in [2.45, 2.75) is 13.5 Å². The minimum atomic E-state index is -0.284. The molecule has 3 rings (SSSR count). The lowest BCUT2D eigenvalue weighted by molar-refractivity contribution is 0.0957. The van der Waals surface area contributed by atoms with Crippen molar-refractivity contribution in [1.82, 2.24) is 9.99 Å². The Morgan fingerprint density at radius 2 is 2.19 bits per heavy atom. The van der Waals surface area contributed by atoms with Crippen LogP contribution in [0.2, 0.25) is 0 Å². The largest absolute Gasteiger partial charge is 0.343 e. The summed E-state index contributed by atoms with van der Waals surface area (Å²) in [5.41, 5.74) is 4.16. The predicted octanol–water partition coefficient (Wildman–Crippen LogP) is 2.80. The molecule has 0 atom stereocenters. The van der Waals surface area contributed by atoms with Crippen molar-refractivity contribution in [2.24, 2.45) is 5.84 Å². The first-order valence-corrected chi connectivity index (χ1v) is 7.25. The van der Waals surface area contributed by atoms with Crippen LogP contribution in [0, 0.1) is 12.7 Å². The molecule has 2 heterocycles. The fraction of sp³-hybridized carbons (Fsp3) is 0.133. The third-order valence-corrected chi connectivity index (χ3v) is 4.54. The minimum Gasteiger partial charge on any atom is -0.343 e. The summed E-state index contributed by atoms with van der Waals surface area (Å²) in [4.78, 5) is 13.2. The first kappa shape index (κ1) is 13.8. The molecule has 0 saturated carbocycles. The maximum atomic E-state index is 13.2. The molecule has 6 heteroatoms. The van der Waals surface area contributed by atoms with Crippen LogP contribution in [0.1, 0.15) is 20.1 Å². The molecule has 0 radical (unpaired) electrons. The number of rotatable bonds is 3. The first-order valence-electron chi connectivity index (χ1n) is 6.43. The quantitative estimate of drug-likeness (QED) is 0.444. The lowest BCUT2D eigenvalue weighted by atomic mass is 10.2. The van der Waals surface area contributed by atoms with Gasteiger partial charge in [0.1, 0.15) is 5.82 Å². The van der Waals surface area contributed by atoms with Crippen LogP contribution in [0.5, 0.6) is 0 Å². The number of hydrazine groups is 1. The number of fused-ring (bicyclic) bond motifs is 1. The third-order valence-electron chi connectivity index (χ3n) is 3.45. The number of hydrogen-bond acceptors (Lipinski definition) is 3. The number of thiophene rings is 1. The van der Waals surface area contributed by atoms with Crippen molar-refractivity contribution < 1.29 is 9.18 Å². The number of benzene rings is 1. The van der Waals surface area contributed by atoms with E-state index in [4.69, 9.17) is 5.84 Å². The zero-order valence-electron chi connectivity index (χ0n) is 11.4. The van der Waals surface area contributed by atoms with Gasteiger partial charge in [-0.15, -0.1) is 11.3 Å². The van der Waals surface area contributed by atoms with E-state index in [-0.39, 0.29) is 11.7 Å². The van der Waals surface area contributed by atoms with Crippen molar-refractivity contribution in [3.8, 4) is 0 Å². The highest BCUT2D eigenvalue weighted by atomic mass is 32.1. The number of hydrogen-bond donors (Lipinski definition) is 2. The van der Waals surface area contributed by atoms with Crippen LogP contribution in [0.3, 0.4) is 0 Å². The number of nitrogens with one attached hydrogen (secondary N) is 1. The van der Waals surface area contributed by atoms with Gasteiger partial charge in [-0.3, -0.25) is 10.2 Å². The zero-order chi connectivity index (χ0) is 15.0. The second kappa shape index (κ2) is 5.31. The average Bonchev–Trinajstić information content (AvgIpc) is 3.03. The smallest absolute Gasteiger partial charge is 0.275 e. The van der Waals surface area contributed by atoms with E-state index < -0.39 is 0 Å². The van der Waals surface area contributed by atoms with E-state index in [1.54, 1.807) is 6.07 Å². The minimum absolute atomic E-state index is 0.242. The fourth-order valence-corrected chi connectivity index (χ4v) is 3.29. The van der Waals surface area contributed by atoms with E-state index in [9.17, 15) is 9.18 Å². The molecule has 1 amide bonds. The summed E-state index contributed by atoms with van der Waals surface area (Å²) in [5.74, 6) is 4.63. The highest BCUT2D eigenvalue weighted by molar-refractivity contribution is 7.14. The lowest BCUT2D eigenvalue weighted by Crippen LogP contribution is -2.29. The van der Waals surface area contributed by atoms with E-state index in [1.165, 1.54) is 23.5 Å². The number of carbonyl (C=O) groups excluding carboxylic acids is 1. The monoisotopic (exact) mass is 303 g/mol. The molecule has 1 aromatic carbocycles. The number of halogens is 1. The lowest BCUT2D eigenvalue weighted by Gasteiger charge is -2.05. The molecule has 108 valence electrons. The van der Waals surface area contributed by atoms with Gasteiger partial charge < -0.3 is 4.57 Å². The molecule has 21 heavy (non-hydrogen) atoms. The van der Waals surface area contributed by atoms with E-state index in [0.29, 0.717) is 11.4 Å². The van der Waals surface area contributed by atoms with Gasteiger partial charge in [0, 0.05) is 28.5 Å². The van der Waals surface area contributed by atoms with Gasteiger partial charge >= 0.3 is 0 Å². The molecule has 0 aliphatic heterocycles. The molecule has 3 N–H and O–H groups in total. The summed E-state index contributed by atoms with van der Waals surface area (Å²) in [6, 6.07) is 8.46. The van der Waals surface area contributed by atoms with Gasteiger partial charge in [-0.1, -0.05) is 0 Å². The summed E-state index contributed by atoms with van der Waals surface area (Å²) in [6.07, 6.45) is 1.92. The predicted molar refractivity (Wildman–Crippen MR) is 81.7 cm³/mol. The van der Waals surface area contributed by atoms with Crippen molar-refractivity contribution in [3.05, 3.63) is 57.7 Å². The summed E-state index contributed by atoms with van der Waals surface area (Å²) in [5, 5.41) is 0.864. The molecule has 0 aliphatic rings. The average molecular weight is 303 g/mol. The Hall–Kier alpha value is -2.18. The van der Waals surface area contributed by atoms with Crippen LogP contribution in [0.25, 0.3) is 10.9 Å². The second-order valence-electron chi connectivity index (χ2n) is 4.81. The molecule has 0 bridgehead atoms. The van der Waals surface area contributed by atoms with E-state index in [0.717, 1.165) is 21.3 Å². The number of aryl methyl sites for hydroxylation is 1. The van der Waals surface area contributed by atoms with Gasteiger partial charge in [0.2, 0.25) is 0 Å². The molecule has 3 aromatic rings. The Kier molecular flexibility index (Phi) is 3.48. The van der Waals surface area contributed by atoms with Crippen LogP contribution in [0.4, 0.5) is 4.39 Å². The standard InChI is InChI=1S/C15H14FN3OS/c1-9-11(7-14(21-9)15(20)18-17)8-19-5-4-10-6-12(16)2-3-13(10)19/h2-7H,8,17H2,1H3,(H,18,20). The molecule has 0 aliphatic carbocycles. The van der Waals surface area contributed by atoms with Crippen LogP contribution in [-0.2, 0) is 6.54 Å². The third kappa shape index (κ3) is 2.55. The Morgan fingerprint density at radius 3 is 2.95 bits per heavy atom. The SMILES string of the molecule is Cc1sc(C(=O)NN)cc1Cn1ccc2cc(F)ccc21. The molecule has 4 nitrogen and oxygen atoms in total. The normalized spacial score (nSPS) is 11.0. The number of carbonyl (C=O) groups is 1. The van der Waals surface area contributed by atoms with Crippen LogP contribution < -0.4 is 11.3 Å². The molecular weight excluding hydrogens is 289 g/mol. The summed E-state index contributed by atoms with van der Waals surface area (Å²) in [6.45, 7) is 2.61. The molecular formula is C15H14FN3OS. The Morgan fingerprint density at radius 1 is 1.38 bits per heavy atom. The maximum Gasteiger partial charge on any atom is 0.275 e. The number of nitrogen functional groups attached to an aromatic ring is 1. The van der Waals surface area contributed by atoms with Gasteiger partial charge in [0.15, 0.2) is 0 Å². The van der Waals surface area contributed by atoms with Crippen LogP contribution in [0.15, 0.2) is 36.5 Å². The Balaban J connectivity index is 1.95. The van der Waals surface area contributed by atoms with Gasteiger partial charge in [-0.2, -0.15) is 0 Å². The Bertz CT molecular complexity index is 822. The van der Waals surface area contributed by atoms with Crippen LogP contribution >= 0.6 is 11.3 Å². The summed E-state index contributed by atoms with van der Waals surface area (Å²) >= 11 is 1.41. The molecule has 0 saturated heterocycles. The van der Waals surface area contributed by atoms with E-state index in [2.05, 4.69) is 5.43 Å². The van der Waals surface area contributed by atoms with Crippen LogP contribution in [-0.4, -0.2) is 10.5 Å². The van der Waals surface area contributed by atoms with Gasteiger partial charge in [0.05, 0.1) is 4.88 Å². The molecule has 0 spiro atoms. The first-order chi connectivity index (χ1) is 10.1. The van der Waals surface area contributed by atoms with E-state index in [1.807, 2.05) is 29.8 Å². The van der Waals surface area contributed by atoms with E-state index >= 15 is 0 Å². The number of amides is 1. The fourth-order valence-electron chi connectivity index (χ4n) is 2.35. The molecule has 2 aromatic heterocycles. The Labute approximate surface area is 125 Å². The number of nitrogens with zero attached hydrogens (tertiary/aromatic N) is 1. The van der Waals surface area contributed by atoms with Crippen molar-refractivity contribution >= 4 is 28.1 Å². The van der Waals surface area contributed by atoms with Crippen molar-refractivity contribution in [1.29, 1.82) is 0 Å². The highest BCUT2D eigenvalue weighted by Gasteiger charge is 2.12.